The van der Waals surface area contributed by atoms with E-state index < -0.39 is 0 Å². The Labute approximate surface area is 129 Å². The summed E-state index contributed by atoms with van der Waals surface area (Å²) in [5, 5.41) is 0.658. The molecule has 4 nitrogen and oxygen atoms in total. The Morgan fingerprint density at radius 1 is 1.25 bits per heavy atom. The van der Waals surface area contributed by atoms with Crippen molar-refractivity contribution in [2.24, 2.45) is 0 Å². The van der Waals surface area contributed by atoms with Gasteiger partial charge in [0.05, 0.1) is 23.8 Å². The number of nitrogens with zero attached hydrogens (tertiary/aromatic N) is 2. The molecule has 0 fully saturated rings. The van der Waals surface area contributed by atoms with Gasteiger partial charge in [-0.15, -0.1) is 0 Å². The van der Waals surface area contributed by atoms with Crippen molar-refractivity contribution in [1.82, 2.24) is 9.55 Å². The molecule has 0 spiro atoms. The Kier molecular flexibility index (Phi) is 3.31. The van der Waals surface area contributed by atoms with Crippen LogP contribution in [0.5, 0.6) is 5.75 Å². The molecule has 1 heterocycles. The molecule has 0 unspecified atom stereocenters. The second kappa shape index (κ2) is 5.00. The number of nitrogen functional groups attached to an aromatic ring is 1. The number of hydrogen-bond donors (Lipinski definition) is 1. The molecular weight excluding hydrogens is 342 g/mol. The van der Waals surface area contributed by atoms with E-state index in [1.807, 2.05) is 41.0 Å². The lowest BCUT2D eigenvalue weighted by atomic mass is 10.2. The number of ether oxygens (including phenoxy) is 1. The van der Waals surface area contributed by atoms with Crippen molar-refractivity contribution in [3.05, 3.63) is 45.9 Å². The minimum absolute atomic E-state index is 0.413. The van der Waals surface area contributed by atoms with E-state index in [-0.39, 0.29) is 0 Å². The van der Waals surface area contributed by atoms with Crippen LogP contribution in [0.4, 0.5) is 5.95 Å². The van der Waals surface area contributed by atoms with E-state index in [2.05, 4.69) is 20.9 Å². The van der Waals surface area contributed by atoms with Crippen LogP contribution < -0.4 is 10.5 Å². The van der Waals surface area contributed by atoms with Crippen molar-refractivity contribution >= 4 is 44.5 Å². The van der Waals surface area contributed by atoms with Crippen LogP contribution in [0, 0.1) is 0 Å². The molecule has 2 aromatic carbocycles. The second-order valence-corrected chi connectivity index (χ2v) is 5.55. The van der Waals surface area contributed by atoms with Gasteiger partial charge in [0.15, 0.2) is 0 Å². The van der Waals surface area contributed by atoms with Gasteiger partial charge in [0.1, 0.15) is 5.75 Å². The third-order valence-electron chi connectivity index (χ3n) is 3.04. The molecule has 0 amide bonds. The van der Waals surface area contributed by atoms with E-state index in [0.717, 1.165) is 26.9 Å². The number of imidazole rings is 1. The van der Waals surface area contributed by atoms with E-state index in [1.54, 1.807) is 7.11 Å². The Morgan fingerprint density at radius 2 is 2.05 bits per heavy atom. The van der Waals surface area contributed by atoms with Gasteiger partial charge in [-0.2, -0.15) is 0 Å². The largest absolute Gasteiger partial charge is 0.497 e. The number of methoxy groups -OCH3 is 1. The van der Waals surface area contributed by atoms with E-state index in [1.165, 1.54) is 0 Å². The van der Waals surface area contributed by atoms with E-state index in [0.29, 0.717) is 11.0 Å². The van der Waals surface area contributed by atoms with Gasteiger partial charge in [0.2, 0.25) is 5.95 Å². The molecular formula is C14H11BrClN3O. The van der Waals surface area contributed by atoms with Gasteiger partial charge in [-0.05, 0) is 46.3 Å². The Hall–Kier alpha value is -1.72. The van der Waals surface area contributed by atoms with Gasteiger partial charge < -0.3 is 10.5 Å². The van der Waals surface area contributed by atoms with E-state index in [9.17, 15) is 0 Å². The monoisotopic (exact) mass is 351 g/mol. The number of halogens is 2. The standard InChI is InChI=1S/C14H11BrClN3O/c1-20-9-3-5-13-11(7-9)18-14(17)19(13)12-4-2-8(16)6-10(12)15/h2-7H,1H3,(H2,17,18). The molecule has 0 radical (unpaired) electrons. The zero-order chi connectivity index (χ0) is 14.3. The number of aromatic nitrogens is 2. The van der Waals surface area contributed by atoms with Crippen molar-refractivity contribution in [2.45, 2.75) is 0 Å². The quantitative estimate of drug-likeness (QED) is 0.757. The Balaban J connectivity index is 2.27. The minimum atomic E-state index is 0.413. The summed E-state index contributed by atoms with van der Waals surface area (Å²) >= 11 is 9.48. The van der Waals surface area contributed by atoms with Crippen LogP contribution in [0.15, 0.2) is 40.9 Å². The molecule has 0 atom stereocenters. The molecule has 1 aromatic heterocycles. The fourth-order valence-electron chi connectivity index (χ4n) is 2.12. The first-order valence-corrected chi connectivity index (χ1v) is 7.04. The normalized spacial score (nSPS) is 10.9. The molecule has 0 saturated heterocycles. The smallest absolute Gasteiger partial charge is 0.205 e. The van der Waals surface area contributed by atoms with Gasteiger partial charge in [0, 0.05) is 15.6 Å². The maximum atomic E-state index is 6.04. The molecule has 0 bridgehead atoms. The van der Waals surface area contributed by atoms with Crippen LogP contribution in [0.1, 0.15) is 0 Å². The summed E-state index contributed by atoms with van der Waals surface area (Å²) in [5.74, 6) is 1.16. The SMILES string of the molecule is COc1ccc2c(c1)nc(N)n2-c1ccc(Cl)cc1Br. The van der Waals surface area contributed by atoms with Crippen LogP contribution in [-0.4, -0.2) is 16.7 Å². The van der Waals surface area contributed by atoms with Crippen molar-refractivity contribution in [1.29, 1.82) is 0 Å². The fraction of sp³-hybridized carbons (Fsp3) is 0.0714. The number of fused-ring (bicyclic) bond motifs is 1. The minimum Gasteiger partial charge on any atom is -0.497 e. The molecule has 0 saturated carbocycles. The summed E-state index contributed by atoms with van der Waals surface area (Å²) in [4.78, 5) is 4.37. The average molecular weight is 353 g/mol. The van der Waals surface area contributed by atoms with Gasteiger partial charge in [0.25, 0.3) is 0 Å². The lowest BCUT2D eigenvalue weighted by Gasteiger charge is -2.09. The summed E-state index contributed by atoms with van der Waals surface area (Å²) in [5.41, 5.74) is 8.62. The molecule has 3 aromatic rings. The van der Waals surface area contributed by atoms with Gasteiger partial charge in [-0.25, -0.2) is 4.98 Å². The van der Waals surface area contributed by atoms with Crippen LogP contribution in [0.2, 0.25) is 5.02 Å². The molecule has 3 rings (SSSR count). The maximum absolute atomic E-state index is 6.04. The topological polar surface area (TPSA) is 53.1 Å². The molecule has 20 heavy (non-hydrogen) atoms. The second-order valence-electron chi connectivity index (χ2n) is 4.26. The Morgan fingerprint density at radius 3 is 2.75 bits per heavy atom. The fourth-order valence-corrected chi connectivity index (χ4v) is 2.98. The number of hydrogen-bond acceptors (Lipinski definition) is 3. The first kappa shape index (κ1) is 13.3. The van der Waals surface area contributed by atoms with Crippen molar-refractivity contribution in [2.75, 3.05) is 12.8 Å². The molecule has 0 aliphatic heterocycles. The van der Waals surface area contributed by atoms with Crippen molar-refractivity contribution < 1.29 is 4.74 Å². The average Bonchev–Trinajstić information content (AvgIpc) is 2.74. The van der Waals surface area contributed by atoms with Crippen LogP contribution in [0.3, 0.4) is 0 Å². The zero-order valence-corrected chi connectivity index (χ0v) is 12.9. The third kappa shape index (κ3) is 2.13. The van der Waals surface area contributed by atoms with Crippen LogP contribution >= 0.6 is 27.5 Å². The molecule has 2 N–H and O–H groups in total. The first-order chi connectivity index (χ1) is 9.60. The summed E-state index contributed by atoms with van der Waals surface area (Å²) in [6.07, 6.45) is 0. The van der Waals surface area contributed by atoms with Crippen molar-refractivity contribution in [3.63, 3.8) is 0 Å². The molecule has 102 valence electrons. The summed E-state index contributed by atoms with van der Waals surface area (Å²) in [6.45, 7) is 0. The van der Waals surface area contributed by atoms with Gasteiger partial charge in [-0.3, -0.25) is 4.57 Å². The third-order valence-corrected chi connectivity index (χ3v) is 3.91. The first-order valence-electron chi connectivity index (χ1n) is 5.87. The Bertz CT molecular complexity index is 800. The number of nitrogens with two attached hydrogens (primary N) is 1. The van der Waals surface area contributed by atoms with Gasteiger partial charge in [-0.1, -0.05) is 11.6 Å². The predicted molar refractivity (Wildman–Crippen MR) is 84.7 cm³/mol. The number of rotatable bonds is 2. The summed E-state index contributed by atoms with van der Waals surface area (Å²) < 4.78 is 7.92. The van der Waals surface area contributed by atoms with E-state index >= 15 is 0 Å². The molecule has 0 aliphatic carbocycles. The zero-order valence-electron chi connectivity index (χ0n) is 10.6. The maximum Gasteiger partial charge on any atom is 0.205 e. The molecule has 0 aliphatic rings. The highest BCUT2D eigenvalue weighted by Crippen LogP contribution is 2.31. The highest BCUT2D eigenvalue weighted by atomic mass is 79.9. The highest BCUT2D eigenvalue weighted by molar-refractivity contribution is 9.10. The predicted octanol–water partition coefficient (Wildman–Crippen LogP) is 4.03. The summed E-state index contributed by atoms with van der Waals surface area (Å²) in [7, 11) is 1.62. The lowest BCUT2D eigenvalue weighted by molar-refractivity contribution is 0.415. The number of anilines is 1. The highest BCUT2D eigenvalue weighted by Gasteiger charge is 2.13. The van der Waals surface area contributed by atoms with Gasteiger partial charge >= 0.3 is 0 Å². The number of benzene rings is 2. The van der Waals surface area contributed by atoms with Crippen LogP contribution in [0.25, 0.3) is 16.7 Å². The van der Waals surface area contributed by atoms with Crippen molar-refractivity contribution in [3.8, 4) is 11.4 Å². The summed E-state index contributed by atoms with van der Waals surface area (Å²) in [6, 6.07) is 11.2. The lowest BCUT2D eigenvalue weighted by Crippen LogP contribution is -2.01. The molecule has 6 heteroatoms. The van der Waals surface area contributed by atoms with E-state index in [4.69, 9.17) is 22.1 Å². The van der Waals surface area contributed by atoms with Crippen LogP contribution in [-0.2, 0) is 0 Å².